The van der Waals surface area contributed by atoms with Crippen LogP contribution in [0.1, 0.15) is 88.4 Å². The quantitative estimate of drug-likeness (QED) is 0.315. The number of anilines is 1. The zero-order chi connectivity index (χ0) is 28.2. The SMILES string of the molecule is CCC1CCC(C)COC1.CNc1scc(C2CCc3ccccc3C2)c1C(=O)O.Cc1ccc(C=O)cc1. The normalized spacial score (nSPS) is 20.2. The first-order valence-corrected chi connectivity index (χ1v) is 14.9. The van der Waals surface area contributed by atoms with Crippen LogP contribution in [0.4, 0.5) is 5.00 Å². The fraction of sp³-hybridized carbons (Fsp3) is 0.455. The average Bonchev–Trinajstić information content (AvgIpc) is 3.29. The minimum atomic E-state index is -0.829. The van der Waals surface area contributed by atoms with Gasteiger partial charge >= 0.3 is 5.97 Å². The Kier molecular flexibility index (Phi) is 12.2. The number of carboxylic acid groups (broad SMARTS) is 1. The molecule has 3 atom stereocenters. The van der Waals surface area contributed by atoms with Crippen molar-refractivity contribution in [1.29, 1.82) is 0 Å². The number of carbonyl (C=O) groups excluding carboxylic acids is 1. The fourth-order valence-electron chi connectivity index (χ4n) is 5.13. The van der Waals surface area contributed by atoms with Gasteiger partial charge in [0.05, 0.1) is 5.56 Å². The third-order valence-corrected chi connectivity index (χ3v) is 8.68. The summed E-state index contributed by atoms with van der Waals surface area (Å²) < 4.78 is 5.51. The first-order chi connectivity index (χ1) is 18.9. The predicted molar refractivity (Wildman–Crippen MR) is 162 cm³/mol. The minimum absolute atomic E-state index is 0.314. The van der Waals surface area contributed by atoms with Crippen molar-refractivity contribution >= 4 is 28.6 Å². The molecule has 1 aliphatic heterocycles. The third-order valence-electron chi connectivity index (χ3n) is 7.66. The van der Waals surface area contributed by atoms with Crippen molar-refractivity contribution in [3.63, 3.8) is 0 Å². The highest BCUT2D eigenvalue weighted by molar-refractivity contribution is 7.14. The van der Waals surface area contributed by atoms with Gasteiger partial charge in [-0.05, 0) is 78.9 Å². The number of fused-ring (bicyclic) bond motifs is 1. The van der Waals surface area contributed by atoms with E-state index in [0.717, 1.165) is 66.7 Å². The number of ether oxygens (including phenoxy) is 1. The Labute approximate surface area is 237 Å². The van der Waals surface area contributed by atoms with Crippen molar-refractivity contribution in [2.24, 2.45) is 11.8 Å². The molecule has 1 aromatic heterocycles. The van der Waals surface area contributed by atoms with Gasteiger partial charge in [0.2, 0.25) is 0 Å². The molecule has 3 unspecified atom stereocenters. The number of nitrogens with one attached hydrogen (secondary N) is 1. The zero-order valence-corrected chi connectivity index (χ0v) is 24.6. The van der Waals surface area contributed by atoms with Crippen molar-refractivity contribution in [3.8, 4) is 0 Å². The smallest absolute Gasteiger partial charge is 0.338 e. The number of benzene rings is 2. The van der Waals surface area contributed by atoms with E-state index in [-0.39, 0.29) is 0 Å². The molecule has 0 bridgehead atoms. The molecule has 1 saturated heterocycles. The molecular weight excluding hydrogens is 506 g/mol. The number of aryl methyl sites for hydroxylation is 2. The Morgan fingerprint density at radius 1 is 1.08 bits per heavy atom. The Morgan fingerprint density at radius 2 is 1.79 bits per heavy atom. The molecule has 0 amide bonds. The van der Waals surface area contributed by atoms with Gasteiger partial charge in [-0.3, -0.25) is 4.79 Å². The first-order valence-electron chi connectivity index (χ1n) is 14.0. The predicted octanol–water partition coefficient (Wildman–Crippen LogP) is 8.03. The van der Waals surface area contributed by atoms with E-state index in [2.05, 4.69) is 43.4 Å². The number of aromatic carboxylic acids is 1. The topological polar surface area (TPSA) is 75.6 Å². The maximum Gasteiger partial charge on any atom is 0.338 e. The van der Waals surface area contributed by atoms with Crippen LogP contribution in [0.15, 0.2) is 53.9 Å². The van der Waals surface area contributed by atoms with Gasteiger partial charge in [0, 0.05) is 25.8 Å². The molecular formula is C33H43NO4S. The van der Waals surface area contributed by atoms with E-state index in [1.807, 2.05) is 36.6 Å². The largest absolute Gasteiger partial charge is 0.478 e. The van der Waals surface area contributed by atoms with Crippen LogP contribution in [-0.4, -0.2) is 37.6 Å². The maximum absolute atomic E-state index is 11.5. The number of aldehydes is 1. The van der Waals surface area contributed by atoms with Crippen LogP contribution in [0, 0.1) is 18.8 Å². The minimum Gasteiger partial charge on any atom is -0.478 e. The van der Waals surface area contributed by atoms with Crippen LogP contribution in [-0.2, 0) is 17.6 Å². The molecule has 2 aromatic carbocycles. The maximum atomic E-state index is 11.5. The van der Waals surface area contributed by atoms with Crippen molar-refractivity contribution in [1.82, 2.24) is 0 Å². The number of rotatable bonds is 5. The van der Waals surface area contributed by atoms with Gasteiger partial charge in [0.25, 0.3) is 0 Å². The standard InChI is InChI=1S/C16H17NO2S.C9H18O.C8H8O/c1-17-15-14(16(18)19)13(9-20-15)12-7-6-10-4-2-3-5-11(10)8-12;1-3-9-5-4-8(2)6-10-7-9;1-7-2-4-8(6-9)5-3-7/h2-5,9,12,17H,6-8H2,1H3,(H,18,19);8-9H,3-7H2,1-2H3;2-6H,1H3. The van der Waals surface area contributed by atoms with Crippen molar-refractivity contribution in [2.75, 3.05) is 25.6 Å². The summed E-state index contributed by atoms with van der Waals surface area (Å²) in [6, 6.07) is 15.9. The van der Waals surface area contributed by atoms with Crippen LogP contribution in [0.25, 0.3) is 0 Å². The monoisotopic (exact) mass is 549 g/mol. The molecule has 3 aromatic rings. The van der Waals surface area contributed by atoms with Crippen LogP contribution < -0.4 is 5.32 Å². The zero-order valence-electron chi connectivity index (χ0n) is 23.7. The number of carbonyl (C=O) groups is 2. The van der Waals surface area contributed by atoms with Gasteiger partial charge in [0.15, 0.2) is 0 Å². The van der Waals surface area contributed by atoms with Gasteiger partial charge in [-0.25, -0.2) is 4.79 Å². The summed E-state index contributed by atoms with van der Waals surface area (Å²) >= 11 is 1.49. The molecule has 6 heteroatoms. The molecule has 2 N–H and O–H groups in total. The lowest BCUT2D eigenvalue weighted by atomic mass is 9.80. The van der Waals surface area contributed by atoms with E-state index < -0.39 is 5.97 Å². The highest BCUT2D eigenvalue weighted by atomic mass is 32.1. The molecule has 1 aliphatic carbocycles. The van der Waals surface area contributed by atoms with Crippen molar-refractivity contribution < 1.29 is 19.4 Å². The summed E-state index contributed by atoms with van der Waals surface area (Å²) in [5, 5.41) is 15.2. The van der Waals surface area contributed by atoms with Gasteiger partial charge in [0.1, 0.15) is 11.3 Å². The highest BCUT2D eigenvalue weighted by Crippen LogP contribution is 2.39. The van der Waals surface area contributed by atoms with E-state index in [1.54, 1.807) is 7.05 Å². The molecule has 5 nitrogen and oxygen atoms in total. The molecule has 5 rings (SSSR count). The summed E-state index contributed by atoms with van der Waals surface area (Å²) in [4.78, 5) is 21.6. The second kappa shape index (κ2) is 15.6. The van der Waals surface area contributed by atoms with E-state index >= 15 is 0 Å². The molecule has 1 fully saturated rings. The van der Waals surface area contributed by atoms with Crippen molar-refractivity contribution in [2.45, 2.75) is 65.2 Å². The van der Waals surface area contributed by atoms with Crippen molar-refractivity contribution in [3.05, 3.63) is 87.3 Å². The van der Waals surface area contributed by atoms with E-state index in [4.69, 9.17) is 4.74 Å². The molecule has 0 saturated carbocycles. The van der Waals surface area contributed by atoms with Crippen LogP contribution >= 0.6 is 11.3 Å². The van der Waals surface area contributed by atoms with Gasteiger partial charge in [-0.2, -0.15) is 0 Å². The van der Waals surface area contributed by atoms with Gasteiger partial charge < -0.3 is 15.2 Å². The summed E-state index contributed by atoms with van der Waals surface area (Å²) in [7, 11) is 1.78. The lowest BCUT2D eigenvalue weighted by molar-refractivity contribution is 0.0696. The molecule has 210 valence electrons. The Hall–Kier alpha value is -2.96. The fourth-order valence-corrected chi connectivity index (χ4v) is 6.13. The highest BCUT2D eigenvalue weighted by Gasteiger charge is 2.27. The van der Waals surface area contributed by atoms with Crippen LogP contribution in [0.3, 0.4) is 0 Å². The number of hydrogen-bond acceptors (Lipinski definition) is 5. The Balaban J connectivity index is 0.000000185. The first kappa shape index (κ1) is 30.6. The van der Waals surface area contributed by atoms with E-state index in [0.29, 0.717) is 11.5 Å². The molecule has 2 heterocycles. The summed E-state index contributed by atoms with van der Waals surface area (Å²) in [5.74, 6) is 1.11. The number of carboxylic acids is 1. The third kappa shape index (κ3) is 9.04. The Bertz CT molecular complexity index is 1190. The summed E-state index contributed by atoms with van der Waals surface area (Å²) in [6.07, 6.45) is 7.86. The number of thiophene rings is 1. The van der Waals surface area contributed by atoms with Crippen LogP contribution in [0.5, 0.6) is 0 Å². The lowest BCUT2D eigenvalue weighted by Gasteiger charge is -2.24. The van der Waals surface area contributed by atoms with Gasteiger partial charge in [-0.1, -0.05) is 74.4 Å². The number of hydrogen-bond donors (Lipinski definition) is 2. The molecule has 2 aliphatic rings. The molecule has 39 heavy (non-hydrogen) atoms. The molecule has 0 radical (unpaired) electrons. The van der Waals surface area contributed by atoms with E-state index in [1.165, 1.54) is 47.3 Å². The Morgan fingerprint density at radius 3 is 2.44 bits per heavy atom. The second-order valence-electron chi connectivity index (χ2n) is 10.7. The average molecular weight is 550 g/mol. The van der Waals surface area contributed by atoms with E-state index in [9.17, 15) is 14.7 Å². The van der Waals surface area contributed by atoms with Gasteiger partial charge in [-0.15, -0.1) is 11.3 Å². The molecule has 0 spiro atoms. The summed E-state index contributed by atoms with van der Waals surface area (Å²) in [5.41, 5.74) is 6.13. The second-order valence-corrected chi connectivity index (χ2v) is 11.6. The van der Waals surface area contributed by atoms with Crippen LogP contribution in [0.2, 0.25) is 0 Å². The lowest BCUT2D eigenvalue weighted by Crippen LogP contribution is -2.15. The summed E-state index contributed by atoms with van der Waals surface area (Å²) in [6.45, 7) is 8.51.